The standard InChI is InChI=1S/C15H11BrN2S/c16-13-3-1-12(2-4-13)14-10-19-15(18-14)9-11-5-7-17-8-6-11/h1-8,10H,9H2. The molecule has 0 radical (unpaired) electrons. The average Bonchev–Trinajstić information content (AvgIpc) is 2.89. The van der Waals surface area contributed by atoms with Crippen LogP contribution in [0.4, 0.5) is 0 Å². The van der Waals surface area contributed by atoms with Gasteiger partial charge in [0, 0.05) is 34.2 Å². The fourth-order valence-corrected chi connectivity index (χ4v) is 2.92. The van der Waals surface area contributed by atoms with Gasteiger partial charge in [0.2, 0.25) is 0 Å². The zero-order valence-electron chi connectivity index (χ0n) is 10.1. The van der Waals surface area contributed by atoms with E-state index in [2.05, 4.69) is 43.4 Å². The fraction of sp³-hybridized carbons (Fsp3) is 0.0667. The molecule has 19 heavy (non-hydrogen) atoms. The molecule has 0 atom stereocenters. The van der Waals surface area contributed by atoms with Crippen molar-refractivity contribution >= 4 is 27.3 Å². The maximum atomic E-state index is 4.69. The molecule has 0 amide bonds. The number of pyridine rings is 1. The van der Waals surface area contributed by atoms with E-state index in [4.69, 9.17) is 0 Å². The molecular weight excluding hydrogens is 320 g/mol. The molecule has 0 aliphatic carbocycles. The van der Waals surface area contributed by atoms with Crippen LogP contribution in [-0.4, -0.2) is 9.97 Å². The number of nitrogens with zero attached hydrogens (tertiary/aromatic N) is 2. The van der Waals surface area contributed by atoms with Crippen LogP contribution < -0.4 is 0 Å². The number of aromatic nitrogens is 2. The minimum atomic E-state index is 0.865. The fourth-order valence-electron chi connectivity index (χ4n) is 1.82. The van der Waals surface area contributed by atoms with Crippen molar-refractivity contribution in [1.82, 2.24) is 9.97 Å². The molecule has 1 aromatic carbocycles. The quantitative estimate of drug-likeness (QED) is 0.703. The van der Waals surface area contributed by atoms with Crippen molar-refractivity contribution in [2.45, 2.75) is 6.42 Å². The summed E-state index contributed by atoms with van der Waals surface area (Å²) in [4.78, 5) is 8.71. The van der Waals surface area contributed by atoms with Gasteiger partial charge < -0.3 is 0 Å². The average molecular weight is 331 g/mol. The van der Waals surface area contributed by atoms with Gasteiger partial charge in [-0.2, -0.15) is 0 Å². The Balaban J connectivity index is 1.82. The van der Waals surface area contributed by atoms with E-state index in [1.165, 1.54) is 5.56 Å². The summed E-state index contributed by atoms with van der Waals surface area (Å²) in [7, 11) is 0. The summed E-state index contributed by atoms with van der Waals surface area (Å²) in [6.07, 6.45) is 4.50. The van der Waals surface area contributed by atoms with Crippen molar-refractivity contribution in [3.8, 4) is 11.3 Å². The number of hydrogen-bond donors (Lipinski definition) is 0. The Bertz CT molecular complexity index is 662. The van der Waals surface area contributed by atoms with E-state index in [9.17, 15) is 0 Å². The molecule has 4 heteroatoms. The lowest BCUT2D eigenvalue weighted by Gasteiger charge is -1.97. The molecule has 3 rings (SSSR count). The molecule has 2 nitrogen and oxygen atoms in total. The highest BCUT2D eigenvalue weighted by Gasteiger charge is 2.05. The minimum Gasteiger partial charge on any atom is -0.265 e. The van der Waals surface area contributed by atoms with Gasteiger partial charge in [-0.25, -0.2) is 4.98 Å². The molecule has 0 aliphatic heterocycles. The van der Waals surface area contributed by atoms with Crippen LogP contribution in [0.5, 0.6) is 0 Å². The molecular formula is C15H11BrN2S. The van der Waals surface area contributed by atoms with E-state index in [1.807, 2.05) is 36.7 Å². The summed E-state index contributed by atoms with van der Waals surface area (Å²) in [5.74, 6) is 0. The van der Waals surface area contributed by atoms with Gasteiger partial charge in [-0.05, 0) is 29.8 Å². The highest BCUT2D eigenvalue weighted by atomic mass is 79.9. The predicted molar refractivity (Wildman–Crippen MR) is 82.3 cm³/mol. The van der Waals surface area contributed by atoms with Crippen molar-refractivity contribution in [3.05, 3.63) is 69.2 Å². The van der Waals surface area contributed by atoms with E-state index < -0.39 is 0 Å². The normalized spacial score (nSPS) is 10.6. The van der Waals surface area contributed by atoms with Crippen LogP contribution in [-0.2, 0) is 6.42 Å². The van der Waals surface area contributed by atoms with Crippen molar-refractivity contribution in [2.75, 3.05) is 0 Å². The number of rotatable bonds is 3. The first-order chi connectivity index (χ1) is 9.31. The van der Waals surface area contributed by atoms with Gasteiger partial charge in [0.1, 0.15) is 0 Å². The van der Waals surface area contributed by atoms with E-state index >= 15 is 0 Å². The number of thiazole rings is 1. The Morgan fingerprint density at radius 2 is 1.74 bits per heavy atom. The molecule has 0 fully saturated rings. The van der Waals surface area contributed by atoms with Crippen molar-refractivity contribution in [3.63, 3.8) is 0 Å². The molecule has 2 aromatic heterocycles. The van der Waals surface area contributed by atoms with Gasteiger partial charge >= 0.3 is 0 Å². The van der Waals surface area contributed by atoms with E-state index in [0.29, 0.717) is 0 Å². The highest BCUT2D eigenvalue weighted by molar-refractivity contribution is 9.10. The topological polar surface area (TPSA) is 25.8 Å². The Labute approximate surface area is 124 Å². The van der Waals surface area contributed by atoms with E-state index in [0.717, 1.165) is 27.2 Å². The third-order valence-corrected chi connectivity index (χ3v) is 4.17. The zero-order valence-corrected chi connectivity index (χ0v) is 12.5. The van der Waals surface area contributed by atoms with Gasteiger partial charge in [0.15, 0.2) is 0 Å². The molecule has 2 heterocycles. The van der Waals surface area contributed by atoms with Crippen LogP contribution in [0, 0.1) is 0 Å². The van der Waals surface area contributed by atoms with Crippen LogP contribution in [0.3, 0.4) is 0 Å². The summed E-state index contributed by atoms with van der Waals surface area (Å²) in [6, 6.07) is 12.3. The van der Waals surface area contributed by atoms with Gasteiger partial charge in [-0.3, -0.25) is 4.98 Å². The second kappa shape index (κ2) is 5.63. The van der Waals surface area contributed by atoms with Gasteiger partial charge in [0.05, 0.1) is 10.7 Å². The maximum Gasteiger partial charge on any atom is 0.0976 e. The number of benzene rings is 1. The number of halogens is 1. The van der Waals surface area contributed by atoms with Crippen molar-refractivity contribution in [1.29, 1.82) is 0 Å². The molecule has 3 aromatic rings. The van der Waals surface area contributed by atoms with Crippen LogP contribution in [0.15, 0.2) is 58.6 Å². The Kier molecular flexibility index (Phi) is 3.71. The van der Waals surface area contributed by atoms with Crippen LogP contribution in [0.25, 0.3) is 11.3 Å². The second-order valence-corrected chi connectivity index (χ2v) is 6.02. The maximum absolute atomic E-state index is 4.69. The third-order valence-electron chi connectivity index (χ3n) is 2.80. The molecule has 0 saturated heterocycles. The SMILES string of the molecule is Brc1ccc(-c2csc(Cc3ccncc3)n2)cc1. The van der Waals surface area contributed by atoms with Gasteiger partial charge in [-0.15, -0.1) is 11.3 Å². The lowest BCUT2D eigenvalue weighted by molar-refractivity contribution is 1.12. The summed E-state index contributed by atoms with van der Waals surface area (Å²) in [5, 5.41) is 3.24. The predicted octanol–water partition coefficient (Wildman–Crippen LogP) is 4.56. The van der Waals surface area contributed by atoms with Gasteiger partial charge in [-0.1, -0.05) is 28.1 Å². The smallest absolute Gasteiger partial charge is 0.0976 e. The van der Waals surface area contributed by atoms with Crippen LogP contribution >= 0.6 is 27.3 Å². The molecule has 0 saturated carbocycles. The Morgan fingerprint density at radius 3 is 2.47 bits per heavy atom. The van der Waals surface area contributed by atoms with Crippen molar-refractivity contribution < 1.29 is 0 Å². The molecule has 0 unspecified atom stereocenters. The Hall–Kier alpha value is -1.52. The van der Waals surface area contributed by atoms with Crippen LogP contribution in [0.2, 0.25) is 0 Å². The summed E-state index contributed by atoms with van der Waals surface area (Å²) in [6.45, 7) is 0. The highest BCUT2D eigenvalue weighted by Crippen LogP contribution is 2.24. The summed E-state index contributed by atoms with van der Waals surface area (Å²) < 4.78 is 1.09. The van der Waals surface area contributed by atoms with Crippen LogP contribution in [0.1, 0.15) is 10.6 Å². The second-order valence-electron chi connectivity index (χ2n) is 4.17. The minimum absolute atomic E-state index is 0.865. The Morgan fingerprint density at radius 1 is 1.00 bits per heavy atom. The first kappa shape index (κ1) is 12.5. The van der Waals surface area contributed by atoms with E-state index in [-0.39, 0.29) is 0 Å². The van der Waals surface area contributed by atoms with Crippen molar-refractivity contribution in [2.24, 2.45) is 0 Å². The van der Waals surface area contributed by atoms with Gasteiger partial charge in [0.25, 0.3) is 0 Å². The molecule has 0 N–H and O–H groups in total. The molecule has 0 aliphatic rings. The lowest BCUT2D eigenvalue weighted by Crippen LogP contribution is -1.87. The molecule has 94 valence electrons. The zero-order chi connectivity index (χ0) is 13.1. The molecule has 0 spiro atoms. The first-order valence-electron chi connectivity index (χ1n) is 5.90. The summed E-state index contributed by atoms with van der Waals surface area (Å²) in [5.41, 5.74) is 3.44. The van der Waals surface area contributed by atoms with E-state index in [1.54, 1.807) is 11.3 Å². The summed E-state index contributed by atoms with van der Waals surface area (Å²) >= 11 is 5.14. The first-order valence-corrected chi connectivity index (χ1v) is 7.58. The number of hydrogen-bond acceptors (Lipinski definition) is 3. The lowest BCUT2D eigenvalue weighted by atomic mass is 10.2. The monoisotopic (exact) mass is 330 g/mol. The molecule has 0 bridgehead atoms. The largest absolute Gasteiger partial charge is 0.265 e. The third kappa shape index (κ3) is 3.08.